The van der Waals surface area contributed by atoms with E-state index in [0.29, 0.717) is 26.4 Å². The Morgan fingerprint density at radius 1 is 1.15 bits per heavy atom. The number of rotatable bonds is 4. The SMILES string of the molecule is Nc1ccc(CS(=O)(=O)Nc2ccc(Br)c(Cl)c2)cc1. The summed E-state index contributed by atoms with van der Waals surface area (Å²) >= 11 is 9.17. The molecule has 0 amide bonds. The summed E-state index contributed by atoms with van der Waals surface area (Å²) in [4.78, 5) is 0. The molecule has 0 saturated heterocycles. The average Bonchev–Trinajstić information content (AvgIpc) is 2.36. The van der Waals surface area contributed by atoms with Gasteiger partial charge in [0.05, 0.1) is 16.5 Å². The fourth-order valence-corrected chi connectivity index (χ4v) is 3.23. The molecular formula is C13H12BrClN2O2S. The lowest BCUT2D eigenvalue weighted by atomic mass is 10.2. The molecule has 0 heterocycles. The van der Waals surface area contributed by atoms with E-state index in [1.165, 1.54) is 0 Å². The molecule has 7 heteroatoms. The van der Waals surface area contributed by atoms with Crippen LogP contribution in [0.1, 0.15) is 5.56 Å². The van der Waals surface area contributed by atoms with Crippen molar-refractivity contribution >= 4 is 48.9 Å². The predicted octanol–water partition coefficient (Wildman–Crippen LogP) is 3.63. The van der Waals surface area contributed by atoms with Gasteiger partial charge in [-0.1, -0.05) is 23.7 Å². The Labute approximate surface area is 131 Å². The van der Waals surface area contributed by atoms with Crippen LogP contribution < -0.4 is 10.5 Å². The van der Waals surface area contributed by atoms with E-state index < -0.39 is 10.0 Å². The van der Waals surface area contributed by atoms with Gasteiger partial charge in [-0.15, -0.1) is 0 Å². The first-order valence-electron chi connectivity index (χ1n) is 5.66. The average molecular weight is 376 g/mol. The van der Waals surface area contributed by atoms with E-state index in [9.17, 15) is 8.42 Å². The molecule has 0 spiro atoms. The third-order valence-electron chi connectivity index (χ3n) is 2.53. The van der Waals surface area contributed by atoms with Gasteiger partial charge < -0.3 is 5.73 Å². The molecule has 0 unspecified atom stereocenters. The van der Waals surface area contributed by atoms with Gasteiger partial charge in [0.15, 0.2) is 0 Å². The van der Waals surface area contributed by atoms with Gasteiger partial charge in [0, 0.05) is 10.2 Å². The molecular weight excluding hydrogens is 364 g/mol. The van der Waals surface area contributed by atoms with Crippen LogP contribution in [0.15, 0.2) is 46.9 Å². The number of sulfonamides is 1. The van der Waals surface area contributed by atoms with Crippen molar-refractivity contribution in [2.24, 2.45) is 0 Å². The van der Waals surface area contributed by atoms with Crippen LogP contribution in [0.25, 0.3) is 0 Å². The number of benzene rings is 2. The molecule has 0 bridgehead atoms. The van der Waals surface area contributed by atoms with Gasteiger partial charge in [-0.3, -0.25) is 4.72 Å². The van der Waals surface area contributed by atoms with Crippen LogP contribution in [0.4, 0.5) is 11.4 Å². The van der Waals surface area contributed by atoms with E-state index in [2.05, 4.69) is 20.7 Å². The van der Waals surface area contributed by atoms with E-state index in [0.717, 1.165) is 0 Å². The zero-order valence-corrected chi connectivity index (χ0v) is 13.5. The normalized spacial score (nSPS) is 11.3. The Kier molecular flexibility index (Phi) is 4.57. The number of anilines is 2. The lowest BCUT2D eigenvalue weighted by Gasteiger charge is -2.09. The minimum atomic E-state index is -3.49. The van der Waals surface area contributed by atoms with Crippen LogP contribution in [-0.4, -0.2) is 8.42 Å². The van der Waals surface area contributed by atoms with Gasteiger partial charge in [0.25, 0.3) is 0 Å². The van der Waals surface area contributed by atoms with E-state index in [-0.39, 0.29) is 5.75 Å². The highest BCUT2D eigenvalue weighted by molar-refractivity contribution is 9.10. The van der Waals surface area contributed by atoms with Crippen molar-refractivity contribution in [3.05, 3.63) is 57.5 Å². The molecule has 3 N–H and O–H groups in total. The molecule has 106 valence electrons. The number of nitrogens with two attached hydrogens (primary N) is 1. The standard InChI is InChI=1S/C13H12BrClN2O2S/c14-12-6-5-11(7-13(12)15)17-20(18,19)8-9-1-3-10(16)4-2-9/h1-7,17H,8,16H2. The van der Waals surface area contributed by atoms with Crippen LogP contribution in [0.5, 0.6) is 0 Å². The summed E-state index contributed by atoms with van der Waals surface area (Å²) in [5, 5.41) is 0.442. The number of nitrogens with one attached hydrogen (secondary N) is 1. The second-order valence-corrected chi connectivity index (χ2v) is 7.22. The molecule has 0 radical (unpaired) electrons. The summed E-state index contributed by atoms with van der Waals surface area (Å²) in [5.41, 5.74) is 7.24. The van der Waals surface area contributed by atoms with E-state index in [1.54, 1.807) is 42.5 Å². The molecule has 4 nitrogen and oxygen atoms in total. The zero-order valence-electron chi connectivity index (χ0n) is 10.3. The first-order valence-corrected chi connectivity index (χ1v) is 8.48. The van der Waals surface area contributed by atoms with Gasteiger partial charge in [-0.25, -0.2) is 8.42 Å². The highest BCUT2D eigenvalue weighted by atomic mass is 79.9. The van der Waals surface area contributed by atoms with Crippen molar-refractivity contribution in [1.29, 1.82) is 0 Å². The van der Waals surface area contributed by atoms with Gasteiger partial charge in [-0.05, 0) is 51.8 Å². The van der Waals surface area contributed by atoms with Crippen molar-refractivity contribution < 1.29 is 8.42 Å². The van der Waals surface area contributed by atoms with Gasteiger partial charge in [-0.2, -0.15) is 0 Å². The number of halogens is 2. The largest absolute Gasteiger partial charge is 0.399 e. The quantitative estimate of drug-likeness (QED) is 0.802. The molecule has 2 aromatic rings. The highest BCUT2D eigenvalue weighted by Gasteiger charge is 2.12. The molecule has 20 heavy (non-hydrogen) atoms. The Morgan fingerprint density at radius 3 is 2.40 bits per heavy atom. The van der Waals surface area contributed by atoms with Crippen molar-refractivity contribution in [1.82, 2.24) is 0 Å². The number of hydrogen-bond donors (Lipinski definition) is 2. The minimum Gasteiger partial charge on any atom is -0.399 e. The van der Waals surface area contributed by atoms with Gasteiger partial charge in [0.1, 0.15) is 0 Å². The smallest absolute Gasteiger partial charge is 0.236 e. The van der Waals surface area contributed by atoms with Crippen LogP contribution in [-0.2, 0) is 15.8 Å². The Morgan fingerprint density at radius 2 is 1.80 bits per heavy atom. The predicted molar refractivity (Wildman–Crippen MR) is 86.3 cm³/mol. The summed E-state index contributed by atoms with van der Waals surface area (Å²) < 4.78 is 27.3. The van der Waals surface area contributed by atoms with Crippen LogP contribution in [0, 0.1) is 0 Å². The zero-order chi connectivity index (χ0) is 14.8. The Balaban J connectivity index is 2.14. The summed E-state index contributed by atoms with van der Waals surface area (Å²) in [6, 6.07) is 11.6. The molecule has 0 fully saturated rings. The third-order valence-corrected chi connectivity index (χ3v) is 5.02. The van der Waals surface area contributed by atoms with Crippen LogP contribution in [0.2, 0.25) is 5.02 Å². The summed E-state index contributed by atoms with van der Waals surface area (Å²) in [7, 11) is -3.49. The topological polar surface area (TPSA) is 72.2 Å². The van der Waals surface area contributed by atoms with E-state index >= 15 is 0 Å². The van der Waals surface area contributed by atoms with Crippen LogP contribution in [0.3, 0.4) is 0 Å². The Hall–Kier alpha value is -1.24. The first kappa shape index (κ1) is 15.2. The fraction of sp³-hybridized carbons (Fsp3) is 0.0769. The van der Waals surface area contributed by atoms with Gasteiger partial charge in [0.2, 0.25) is 10.0 Å². The number of hydrogen-bond acceptors (Lipinski definition) is 3. The minimum absolute atomic E-state index is 0.124. The monoisotopic (exact) mass is 374 g/mol. The molecule has 0 saturated carbocycles. The molecule has 0 aliphatic rings. The van der Waals surface area contributed by atoms with E-state index in [1.807, 2.05) is 0 Å². The maximum absolute atomic E-state index is 12.1. The molecule has 0 aliphatic heterocycles. The van der Waals surface area contributed by atoms with Crippen molar-refractivity contribution in [2.75, 3.05) is 10.5 Å². The second-order valence-electron chi connectivity index (χ2n) is 4.23. The Bertz CT molecular complexity index is 718. The second kappa shape index (κ2) is 6.03. The van der Waals surface area contributed by atoms with Crippen LogP contribution >= 0.6 is 27.5 Å². The summed E-state index contributed by atoms with van der Waals surface area (Å²) in [6.07, 6.45) is 0. The van der Waals surface area contributed by atoms with Crippen molar-refractivity contribution in [2.45, 2.75) is 5.75 Å². The first-order chi connectivity index (χ1) is 9.35. The summed E-state index contributed by atoms with van der Waals surface area (Å²) in [5.74, 6) is -0.124. The van der Waals surface area contributed by atoms with Crippen molar-refractivity contribution in [3.63, 3.8) is 0 Å². The molecule has 0 aromatic heterocycles. The summed E-state index contributed by atoms with van der Waals surface area (Å²) in [6.45, 7) is 0. The molecule has 0 aliphatic carbocycles. The van der Waals surface area contributed by atoms with Crippen molar-refractivity contribution in [3.8, 4) is 0 Å². The maximum atomic E-state index is 12.1. The fourth-order valence-electron chi connectivity index (χ4n) is 1.61. The van der Waals surface area contributed by atoms with E-state index in [4.69, 9.17) is 17.3 Å². The lowest BCUT2D eigenvalue weighted by molar-refractivity contribution is 0.600. The molecule has 0 atom stereocenters. The van der Waals surface area contributed by atoms with Gasteiger partial charge >= 0.3 is 0 Å². The maximum Gasteiger partial charge on any atom is 0.236 e. The third kappa shape index (κ3) is 4.13. The molecule has 2 aromatic carbocycles. The lowest BCUT2D eigenvalue weighted by Crippen LogP contribution is -2.15. The number of nitrogen functional groups attached to an aromatic ring is 1. The highest BCUT2D eigenvalue weighted by Crippen LogP contribution is 2.26. The molecule has 2 rings (SSSR count).